The quantitative estimate of drug-likeness (QED) is 0.812. The van der Waals surface area contributed by atoms with Gasteiger partial charge in [0, 0.05) is 31.7 Å². The molecule has 1 amide bonds. The molecule has 1 aliphatic rings. The summed E-state index contributed by atoms with van der Waals surface area (Å²) >= 11 is 3.29. The Bertz CT molecular complexity index is 614. The van der Waals surface area contributed by atoms with Gasteiger partial charge in [-0.1, -0.05) is 15.9 Å². The molecule has 0 N–H and O–H groups in total. The molecule has 0 unspecified atom stereocenters. The van der Waals surface area contributed by atoms with Gasteiger partial charge in [-0.25, -0.2) is 8.42 Å². The third kappa shape index (κ3) is 3.64. The summed E-state index contributed by atoms with van der Waals surface area (Å²) < 4.78 is 27.5. The lowest BCUT2D eigenvalue weighted by Gasteiger charge is -2.32. The van der Waals surface area contributed by atoms with E-state index >= 15 is 0 Å². The molecule has 0 spiro atoms. The van der Waals surface area contributed by atoms with Crippen LogP contribution in [0.5, 0.6) is 0 Å². The molecule has 5 nitrogen and oxygen atoms in total. The molecule has 1 atom stereocenters. The summed E-state index contributed by atoms with van der Waals surface area (Å²) in [5.41, 5.74) is 0. The first-order valence-corrected chi connectivity index (χ1v) is 9.02. The fourth-order valence-electron chi connectivity index (χ4n) is 2.48. The van der Waals surface area contributed by atoms with Gasteiger partial charge in [0.05, 0.1) is 10.8 Å². The van der Waals surface area contributed by atoms with Crippen LogP contribution < -0.4 is 0 Å². The molecule has 0 aromatic heterocycles. The number of hydrogen-bond acceptors (Lipinski definition) is 3. The number of carbonyl (C=O) groups is 1. The Morgan fingerprint density at radius 2 is 1.90 bits per heavy atom. The average molecular weight is 375 g/mol. The second kappa shape index (κ2) is 6.46. The maximum atomic E-state index is 12.6. The molecular formula is C14H19BrN2O3S. The first-order valence-electron chi connectivity index (χ1n) is 6.79. The maximum absolute atomic E-state index is 12.6. The highest BCUT2D eigenvalue weighted by Crippen LogP contribution is 2.25. The smallest absolute Gasteiger partial charge is 0.243 e. The van der Waals surface area contributed by atoms with E-state index in [9.17, 15) is 13.2 Å². The molecule has 1 fully saturated rings. The zero-order chi connectivity index (χ0) is 15.6. The highest BCUT2D eigenvalue weighted by atomic mass is 79.9. The van der Waals surface area contributed by atoms with Crippen LogP contribution in [0.4, 0.5) is 0 Å². The van der Waals surface area contributed by atoms with Crippen LogP contribution in [0.1, 0.15) is 12.8 Å². The van der Waals surface area contributed by atoms with E-state index in [-0.39, 0.29) is 23.3 Å². The molecule has 0 saturated carbocycles. The topological polar surface area (TPSA) is 57.7 Å². The fraction of sp³-hybridized carbons (Fsp3) is 0.500. The lowest BCUT2D eigenvalue weighted by molar-refractivity contribution is -0.134. The van der Waals surface area contributed by atoms with Crippen LogP contribution in [0.15, 0.2) is 33.6 Å². The number of amides is 1. The zero-order valence-electron chi connectivity index (χ0n) is 12.1. The summed E-state index contributed by atoms with van der Waals surface area (Å²) in [6.45, 7) is 0.727. The molecule has 1 aromatic rings. The molecule has 1 heterocycles. The van der Waals surface area contributed by atoms with Gasteiger partial charge in [0.1, 0.15) is 0 Å². The number of hydrogen-bond donors (Lipinski definition) is 0. The molecule has 1 aromatic carbocycles. The maximum Gasteiger partial charge on any atom is 0.243 e. The lowest BCUT2D eigenvalue weighted by Crippen LogP contribution is -2.45. The van der Waals surface area contributed by atoms with Crippen LogP contribution in [-0.4, -0.2) is 50.7 Å². The number of benzene rings is 1. The van der Waals surface area contributed by atoms with E-state index in [0.29, 0.717) is 13.0 Å². The van der Waals surface area contributed by atoms with E-state index < -0.39 is 10.0 Å². The van der Waals surface area contributed by atoms with Crippen LogP contribution >= 0.6 is 15.9 Å². The highest BCUT2D eigenvalue weighted by Gasteiger charge is 2.33. The molecular weight excluding hydrogens is 356 g/mol. The standard InChI is InChI=1S/C14H19BrN2O3S/c1-16(2)14(18)11-4-3-9-17(10-11)21(19,20)13-7-5-12(15)6-8-13/h5-8,11H,3-4,9-10H2,1-2H3/t11-/m0/s1. The summed E-state index contributed by atoms with van der Waals surface area (Å²) in [5, 5.41) is 0. The van der Waals surface area contributed by atoms with Gasteiger partial charge in [-0.05, 0) is 37.1 Å². The van der Waals surface area contributed by atoms with Gasteiger partial charge in [0.2, 0.25) is 15.9 Å². The second-order valence-electron chi connectivity index (χ2n) is 5.39. The van der Waals surface area contributed by atoms with Crippen LogP contribution in [0.3, 0.4) is 0 Å². The molecule has 0 bridgehead atoms. The van der Waals surface area contributed by atoms with Gasteiger partial charge in [-0.3, -0.25) is 4.79 Å². The van der Waals surface area contributed by atoms with Gasteiger partial charge in [0.15, 0.2) is 0 Å². The first kappa shape index (κ1) is 16.5. The monoisotopic (exact) mass is 374 g/mol. The summed E-state index contributed by atoms with van der Waals surface area (Å²) in [7, 11) is -0.131. The van der Waals surface area contributed by atoms with Crippen molar-refractivity contribution in [1.29, 1.82) is 0 Å². The number of carbonyl (C=O) groups excluding carboxylic acids is 1. The molecule has 21 heavy (non-hydrogen) atoms. The molecule has 0 radical (unpaired) electrons. The zero-order valence-corrected chi connectivity index (χ0v) is 14.5. The Morgan fingerprint density at radius 1 is 1.29 bits per heavy atom. The second-order valence-corrected chi connectivity index (χ2v) is 8.24. The van der Waals surface area contributed by atoms with E-state index in [0.717, 1.165) is 10.9 Å². The van der Waals surface area contributed by atoms with Gasteiger partial charge in [-0.2, -0.15) is 4.31 Å². The first-order chi connectivity index (χ1) is 9.82. The third-order valence-corrected chi connectivity index (χ3v) is 6.03. The van der Waals surface area contributed by atoms with E-state index in [1.54, 1.807) is 38.4 Å². The summed E-state index contributed by atoms with van der Waals surface area (Å²) in [6, 6.07) is 6.58. The number of piperidine rings is 1. The van der Waals surface area contributed by atoms with Crippen molar-refractivity contribution in [1.82, 2.24) is 9.21 Å². The Kier molecular flexibility index (Phi) is 5.06. The molecule has 116 valence electrons. The Hall–Kier alpha value is -0.920. The Labute approximate surface area is 134 Å². The lowest BCUT2D eigenvalue weighted by atomic mass is 9.98. The van der Waals surface area contributed by atoms with E-state index in [1.807, 2.05) is 0 Å². The van der Waals surface area contributed by atoms with E-state index in [4.69, 9.17) is 0 Å². The molecule has 7 heteroatoms. The average Bonchev–Trinajstić information content (AvgIpc) is 2.47. The van der Waals surface area contributed by atoms with Crippen molar-refractivity contribution >= 4 is 31.9 Å². The predicted molar refractivity (Wildman–Crippen MR) is 84.3 cm³/mol. The number of halogens is 1. The number of nitrogens with zero attached hydrogens (tertiary/aromatic N) is 2. The minimum Gasteiger partial charge on any atom is -0.349 e. The predicted octanol–water partition coefficient (Wildman–Crippen LogP) is 1.94. The highest BCUT2D eigenvalue weighted by molar-refractivity contribution is 9.10. The van der Waals surface area contributed by atoms with Crippen LogP contribution in [-0.2, 0) is 14.8 Å². The molecule has 1 saturated heterocycles. The Morgan fingerprint density at radius 3 is 2.48 bits per heavy atom. The van der Waals surface area contributed by atoms with Crippen molar-refractivity contribution in [2.24, 2.45) is 5.92 Å². The summed E-state index contributed by atoms with van der Waals surface area (Å²) in [6.07, 6.45) is 1.45. The van der Waals surface area contributed by atoms with Crippen molar-refractivity contribution in [3.05, 3.63) is 28.7 Å². The molecule has 2 rings (SSSR count). The fourth-order valence-corrected chi connectivity index (χ4v) is 4.27. The third-order valence-electron chi connectivity index (χ3n) is 3.63. The summed E-state index contributed by atoms with van der Waals surface area (Å²) in [4.78, 5) is 13.8. The van der Waals surface area contributed by atoms with Crippen molar-refractivity contribution in [2.75, 3.05) is 27.2 Å². The van der Waals surface area contributed by atoms with Gasteiger partial charge >= 0.3 is 0 Å². The number of sulfonamides is 1. The van der Waals surface area contributed by atoms with Crippen LogP contribution in [0.2, 0.25) is 0 Å². The van der Waals surface area contributed by atoms with E-state index in [1.165, 1.54) is 9.21 Å². The normalized spacial score (nSPS) is 20.2. The minimum absolute atomic E-state index is 0.00861. The van der Waals surface area contributed by atoms with Gasteiger partial charge in [0.25, 0.3) is 0 Å². The van der Waals surface area contributed by atoms with Crippen LogP contribution in [0.25, 0.3) is 0 Å². The van der Waals surface area contributed by atoms with Crippen molar-refractivity contribution in [3.63, 3.8) is 0 Å². The molecule has 0 aliphatic carbocycles. The minimum atomic E-state index is -3.53. The van der Waals surface area contributed by atoms with Crippen molar-refractivity contribution in [2.45, 2.75) is 17.7 Å². The summed E-state index contributed by atoms with van der Waals surface area (Å²) in [5.74, 6) is -0.260. The van der Waals surface area contributed by atoms with Crippen molar-refractivity contribution < 1.29 is 13.2 Å². The van der Waals surface area contributed by atoms with Gasteiger partial charge < -0.3 is 4.90 Å². The van der Waals surface area contributed by atoms with Gasteiger partial charge in [-0.15, -0.1) is 0 Å². The van der Waals surface area contributed by atoms with Crippen molar-refractivity contribution in [3.8, 4) is 0 Å². The molecule has 1 aliphatic heterocycles. The number of rotatable bonds is 3. The van der Waals surface area contributed by atoms with E-state index in [2.05, 4.69) is 15.9 Å². The Balaban J connectivity index is 2.20. The SMILES string of the molecule is CN(C)C(=O)[C@H]1CCCN(S(=O)(=O)c2ccc(Br)cc2)C1. The largest absolute Gasteiger partial charge is 0.349 e. The van der Waals surface area contributed by atoms with Crippen LogP contribution in [0, 0.1) is 5.92 Å².